The zero-order valence-electron chi connectivity index (χ0n) is 15.9. The van der Waals surface area contributed by atoms with Crippen molar-refractivity contribution >= 4 is 17.7 Å². The second-order valence-electron chi connectivity index (χ2n) is 6.62. The Morgan fingerprint density at radius 3 is 2.61 bits per heavy atom. The van der Waals surface area contributed by atoms with Crippen LogP contribution in [0.2, 0.25) is 0 Å². The van der Waals surface area contributed by atoms with Gasteiger partial charge in [-0.1, -0.05) is 30.3 Å². The number of amides is 2. The summed E-state index contributed by atoms with van der Waals surface area (Å²) in [5.74, 6) is -0.412. The minimum absolute atomic E-state index is 0.0510. The molecule has 1 heterocycles. The third-order valence-electron chi connectivity index (χ3n) is 4.53. The lowest BCUT2D eigenvalue weighted by atomic mass is 10.2. The normalized spacial score (nSPS) is 17.0. The van der Waals surface area contributed by atoms with E-state index in [1.54, 1.807) is 24.3 Å². The molecule has 0 unspecified atom stereocenters. The monoisotopic (exact) mass is 383 g/mol. The van der Waals surface area contributed by atoms with Crippen LogP contribution in [-0.2, 0) is 16.0 Å². The largest absolute Gasteiger partial charge is 0.465 e. The topological polar surface area (TPSA) is 79.9 Å². The van der Waals surface area contributed by atoms with E-state index in [2.05, 4.69) is 32.4 Å². The average molecular weight is 383 g/mol. The number of hydrogen-bond acceptors (Lipinski definition) is 5. The highest BCUT2D eigenvalue weighted by molar-refractivity contribution is 5.92. The zero-order valence-corrected chi connectivity index (χ0v) is 15.9. The number of methoxy groups -OCH3 is 1. The van der Waals surface area contributed by atoms with Crippen LogP contribution < -0.4 is 10.6 Å². The molecule has 2 N–H and O–H groups in total. The van der Waals surface area contributed by atoms with Crippen molar-refractivity contribution in [1.29, 1.82) is 0 Å². The number of hydrogen-bond donors (Lipinski definition) is 2. The molecule has 0 spiro atoms. The van der Waals surface area contributed by atoms with Crippen molar-refractivity contribution in [3.63, 3.8) is 0 Å². The van der Waals surface area contributed by atoms with E-state index in [-0.39, 0.29) is 12.1 Å². The summed E-state index contributed by atoms with van der Waals surface area (Å²) >= 11 is 0. The second-order valence-corrected chi connectivity index (χ2v) is 6.62. The third kappa shape index (κ3) is 5.80. The van der Waals surface area contributed by atoms with Crippen molar-refractivity contribution in [3.8, 4) is 0 Å². The summed E-state index contributed by atoms with van der Waals surface area (Å²) in [7, 11) is 1.33. The maximum absolute atomic E-state index is 12.1. The standard InChI is InChI=1S/C21H25N3O4/c1-27-20(25)17-7-9-18(10-8-17)23-21(26)22-13-19-15-24(11-12-28-19)14-16-5-3-2-4-6-16/h2-10,19H,11-15H2,1H3,(H2,22,23,26)/t19-/m1/s1. The van der Waals surface area contributed by atoms with E-state index in [0.29, 0.717) is 24.4 Å². The first kappa shape index (κ1) is 19.9. The van der Waals surface area contributed by atoms with E-state index in [0.717, 1.165) is 19.6 Å². The van der Waals surface area contributed by atoms with Gasteiger partial charge in [-0.3, -0.25) is 4.90 Å². The quantitative estimate of drug-likeness (QED) is 0.750. The minimum atomic E-state index is -0.412. The fraction of sp³-hybridized carbons (Fsp3) is 0.333. The van der Waals surface area contributed by atoms with Crippen LogP contribution in [0, 0.1) is 0 Å². The van der Waals surface area contributed by atoms with Crippen molar-refractivity contribution in [2.24, 2.45) is 0 Å². The van der Waals surface area contributed by atoms with E-state index in [4.69, 9.17) is 4.74 Å². The van der Waals surface area contributed by atoms with Gasteiger partial charge >= 0.3 is 12.0 Å². The van der Waals surface area contributed by atoms with Gasteiger partial charge in [0.1, 0.15) is 0 Å². The van der Waals surface area contributed by atoms with E-state index < -0.39 is 5.97 Å². The van der Waals surface area contributed by atoms with Gasteiger partial charge in [-0.15, -0.1) is 0 Å². The van der Waals surface area contributed by atoms with E-state index >= 15 is 0 Å². The van der Waals surface area contributed by atoms with E-state index in [1.807, 2.05) is 18.2 Å². The molecule has 0 aliphatic carbocycles. The lowest BCUT2D eigenvalue weighted by Gasteiger charge is -2.33. The Labute approximate surface area is 164 Å². The van der Waals surface area contributed by atoms with Crippen LogP contribution in [0.4, 0.5) is 10.5 Å². The van der Waals surface area contributed by atoms with Gasteiger partial charge in [0.25, 0.3) is 0 Å². The van der Waals surface area contributed by atoms with Gasteiger partial charge in [0.15, 0.2) is 0 Å². The molecule has 0 bridgehead atoms. The smallest absolute Gasteiger partial charge is 0.337 e. The fourth-order valence-electron chi connectivity index (χ4n) is 3.08. The Balaban J connectivity index is 1.43. The summed E-state index contributed by atoms with van der Waals surface area (Å²) < 4.78 is 10.4. The van der Waals surface area contributed by atoms with Gasteiger partial charge in [-0.2, -0.15) is 0 Å². The Hall–Kier alpha value is -2.90. The van der Waals surface area contributed by atoms with Crippen molar-refractivity contribution in [2.75, 3.05) is 38.7 Å². The number of urea groups is 1. The first-order valence-corrected chi connectivity index (χ1v) is 9.25. The number of benzene rings is 2. The van der Waals surface area contributed by atoms with Crippen LogP contribution in [0.3, 0.4) is 0 Å². The summed E-state index contributed by atoms with van der Waals surface area (Å²) in [6.45, 7) is 3.60. The van der Waals surface area contributed by atoms with Gasteiger partial charge in [0, 0.05) is 31.9 Å². The Kier molecular flexibility index (Phi) is 7.00. The SMILES string of the molecule is COC(=O)c1ccc(NC(=O)NC[C@@H]2CN(Cc3ccccc3)CCO2)cc1. The molecule has 1 atom stereocenters. The first-order valence-electron chi connectivity index (χ1n) is 9.25. The molecule has 7 heteroatoms. The van der Waals surface area contributed by atoms with Crippen LogP contribution in [0.5, 0.6) is 0 Å². The molecule has 1 fully saturated rings. The van der Waals surface area contributed by atoms with Gasteiger partial charge < -0.3 is 20.1 Å². The molecule has 3 rings (SSSR count). The van der Waals surface area contributed by atoms with Crippen LogP contribution in [0.25, 0.3) is 0 Å². The maximum Gasteiger partial charge on any atom is 0.337 e. The number of ether oxygens (including phenoxy) is 2. The van der Waals surface area contributed by atoms with E-state index in [9.17, 15) is 9.59 Å². The fourth-order valence-corrected chi connectivity index (χ4v) is 3.08. The molecule has 28 heavy (non-hydrogen) atoms. The summed E-state index contributed by atoms with van der Waals surface area (Å²) in [4.78, 5) is 25.9. The molecule has 0 radical (unpaired) electrons. The number of morpholine rings is 1. The Bertz CT molecular complexity index is 780. The highest BCUT2D eigenvalue weighted by Crippen LogP contribution is 2.12. The molecule has 0 saturated carbocycles. The number of nitrogens with zero attached hydrogens (tertiary/aromatic N) is 1. The number of nitrogens with one attached hydrogen (secondary N) is 2. The number of carbonyl (C=O) groups excluding carboxylic acids is 2. The van der Waals surface area contributed by atoms with Crippen molar-refractivity contribution in [3.05, 3.63) is 65.7 Å². The average Bonchev–Trinajstić information content (AvgIpc) is 2.73. The Morgan fingerprint density at radius 2 is 1.89 bits per heavy atom. The number of carbonyl (C=O) groups is 2. The zero-order chi connectivity index (χ0) is 19.8. The lowest BCUT2D eigenvalue weighted by molar-refractivity contribution is -0.0285. The number of rotatable bonds is 6. The third-order valence-corrected chi connectivity index (χ3v) is 4.53. The molecule has 2 aromatic carbocycles. The molecule has 148 valence electrons. The Morgan fingerprint density at radius 1 is 1.14 bits per heavy atom. The summed E-state index contributed by atoms with van der Waals surface area (Å²) in [5, 5.41) is 5.59. The van der Waals surface area contributed by atoms with Crippen molar-refractivity contribution in [1.82, 2.24) is 10.2 Å². The highest BCUT2D eigenvalue weighted by atomic mass is 16.5. The predicted molar refractivity (Wildman–Crippen MR) is 106 cm³/mol. The van der Waals surface area contributed by atoms with Crippen LogP contribution in [0.15, 0.2) is 54.6 Å². The number of anilines is 1. The predicted octanol–water partition coefficient (Wildman–Crippen LogP) is 2.50. The van der Waals surface area contributed by atoms with Gasteiger partial charge in [0.05, 0.1) is 25.4 Å². The molecular weight excluding hydrogens is 358 g/mol. The van der Waals surface area contributed by atoms with Crippen molar-refractivity contribution < 1.29 is 19.1 Å². The molecule has 7 nitrogen and oxygen atoms in total. The maximum atomic E-state index is 12.1. The summed E-state index contributed by atoms with van der Waals surface area (Å²) in [6, 6.07) is 16.5. The highest BCUT2D eigenvalue weighted by Gasteiger charge is 2.21. The molecule has 2 amide bonds. The molecular formula is C21H25N3O4. The van der Waals surface area contributed by atoms with Crippen molar-refractivity contribution in [2.45, 2.75) is 12.6 Å². The van der Waals surface area contributed by atoms with E-state index in [1.165, 1.54) is 12.7 Å². The molecule has 1 saturated heterocycles. The van der Waals surface area contributed by atoms with Gasteiger partial charge in [-0.05, 0) is 29.8 Å². The molecule has 1 aliphatic heterocycles. The number of esters is 1. The van der Waals surface area contributed by atoms with Gasteiger partial charge in [-0.25, -0.2) is 9.59 Å². The molecule has 1 aliphatic rings. The molecule has 2 aromatic rings. The van der Waals surface area contributed by atoms with Crippen LogP contribution in [0.1, 0.15) is 15.9 Å². The molecule has 0 aromatic heterocycles. The van der Waals surface area contributed by atoms with Crippen LogP contribution in [-0.4, -0.2) is 56.4 Å². The summed E-state index contributed by atoms with van der Waals surface area (Å²) in [6.07, 6.45) is -0.0510. The first-order chi connectivity index (χ1) is 13.6. The summed E-state index contributed by atoms with van der Waals surface area (Å²) in [5.41, 5.74) is 2.30. The minimum Gasteiger partial charge on any atom is -0.465 e. The second kappa shape index (κ2) is 9.87. The van der Waals surface area contributed by atoms with Gasteiger partial charge in [0.2, 0.25) is 0 Å². The van der Waals surface area contributed by atoms with Crippen LogP contribution >= 0.6 is 0 Å². The lowest BCUT2D eigenvalue weighted by Crippen LogP contribution is -2.47.